The zero-order valence-electron chi connectivity index (χ0n) is 6.08. The maximum absolute atomic E-state index is 8.76. The molecule has 1 rings (SSSR count). The SMILES string of the molecule is C#C[C@H]1CC(C)[C@@H](CO)O1. The Kier molecular flexibility index (Phi) is 2.31. The number of hydrogen-bond acceptors (Lipinski definition) is 2. The first kappa shape index (κ1) is 7.59. The van der Waals surface area contributed by atoms with Crippen molar-refractivity contribution in [2.75, 3.05) is 6.61 Å². The highest BCUT2D eigenvalue weighted by Gasteiger charge is 2.29. The summed E-state index contributed by atoms with van der Waals surface area (Å²) in [5.74, 6) is 2.92. The lowest BCUT2D eigenvalue weighted by atomic mass is 10.0. The van der Waals surface area contributed by atoms with Crippen LogP contribution in [0, 0.1) is 18.3 Å². The largest absolute Gasteiger partial charge is 0.394 e. The van der Waals surface area contributed by atoms with Crippen LogP contribution in [0.5, 0.6) is 0 Å². The van der Waals surface area contributed by atoms with E-state index in [1.807, 2.05) is 6.92 Å². The number of rotatable bonds is 1. The molecule has 56 valence electrons. The van der Waals surface area contributed by atoms with E-state index in [0.717, 1.165) is 6.42 Å². The molecule has 2 nitrogen and oxygen atoms in total. The molecule has 1 N–H and O–H groups in total. The third-order valence-corrected chi connectivity index (χ3v) is 1.93. The molecular formula is C8H12O2. The Bertz CT molecular complexity index is 148. The number of ether oxygens (including phenoxy) is 1. The molecule has 1 aliphatic heterocycles. The van der Waals surface area contributed by atoms with E-state index < -0.39 is 0 Å². The van der Waals surface area contributed by atoms with Crippen LogP contribution in [0.1, 0.15) is 13.3 Å². The van der Waals surface area contributed by atoms with Gasteiger partial charge in [0.2, 0.25) is 0 Å². The van der Waals surface area contributed by atoms with Gasteiger partial charge in [0, 0.05) is 0 Å². The number of aliphatic hydroxyl groups is 1. The Morgan fingerprint density at radius 3 is 2.80 bits per heavy atom. The molecule has 0 aromatic carbocycles. The molecule has 0 amide bonds. The number of terminal acetylenes is 1. The summed E-state index contributed by atoms with van der Waals surface area (Å²) in [7, 11) is 0. The normalized spacial score (nSPS) is 39.5. The average Bonchev–Trinajstić information content (AvgIpc) is 2.30. The third-order valence-electron chi connectivity index (χ3n) is 1.93. The maximum atomic E-state index is 8.76. The van der Waals surface area contributed by atoms with Crippen molar-refractivity contribution in [2.24, 2.45) is 5.92 Å². The van der Waals surface area contributed by atoms with E-state index in [9.17, 15) is 0 Å². The number of hydrogen-bond donors (Lipinski definition) is 1. The van der Waals surface area contributed by atoms with Gasteiger partial charge in [0.25, 0.3) is 0 Å². The van der Waals surface area contributed by atoms with Gasteiger partial charge in [-0.05, 0) is 12.3 Å². The van der Waals surface area contributed by atoms with Crippen molar-refractivity contribution < 1.29 is 9.84 Å². The zero-order chi connectivity index (χ0) is 7.56. The molecule has 0 aromatic heterocycles. The van der Waals surface area contributed by atoms with Crippen molar-refractivity contribution in [3.63, 3.8) is 0 Å². The van der Waals surface area contributed by atoms with Gasteiger partial charge in [0.15, 0.2) is 0 Å². The zero-order valence-corrected chi connectivity index (χ0v) is 6.08. The summed E-state index contributed by atoms with van der Waals surface area (Å²) in [5, 5.41) is 8.76. The molecule has 0 bridgehead atoms. The molecule has 0 aromatic rings. The van der Waals surface area contributed by atoms with Crippen molar-refractivity contribution >= 4 is 0 Å². The van der Waals surface area contributed by atoms with Crippen molar-refractivity contribution in [1.29, 1.82) is 0 Å². The van der Waals surface area contributed by atoms with Gasteiger partial charge >= 0.3 is 0 Å². The van der Waals surface area contributed by atoms with Gasteiger partial charge < -0.3 is 9.84 Å². The highest BCUT2D eigenvalue weighted by molar-refractivity contribution is 4.99. The molecule has 1 fully saturated rings. The van der Waals surface area contributed by atoms with Gasteiger partial charge in [0.1, 0.15) is 6.10 Å². The van der Waals surface area contributed by atoms with Crippen LogP contribution >= 0.6 is 0 Å². The predicted molar refractivity (Wildman–Crippen MR) is 38.4 cm³/mol. The fraction of sp³-hybridized carbons (Fsp3) is 0.750. The fourth-order valence-corrected chi connectivity index (χ4v) is 1.22. The highest BCUT2D eigenvalue weighted by Crippen LogP contribution is 2.24. The molecule has 0 aliphatic carbocycles. The monoisotopic (exact) mass is 140 g/mol. The minimum atomic E-state index is -0.0767. The van der Waals surface area contributed by atoms with E-state index >= 15 is 0 Å². The third kappa shape index (κ3) is 1.31. The van der Waals surface area contributed by atoms with Crippen LogP contribution in [-0.2, 0) is 4.74 Å². The lowest BCUT2D eigenvalue weighted by molar-refractivity contribution is 0.0219. The van der Waals surface area contributed by atoms with Gasteiger partial charge in [-0.15, -0.1) is 6.42 Å². The van der Waals surface area contributed by atoms with Crippen LogP contribution in [0.2, 0.25) is 0 Å². The molecule has 1 heterocycles. The minimum absolute atomic E-state index is 0.0407. The summed E-state index contributed by atoms with van der Waals surface area (Å²) in [5.41, 5.74) is 0. The maximum Gasteiger partial charge on any atom is 0.118 e. The second-order valence-electron chi connectivity index (χ2n) is 2.73. The Morgan fingerprint density at radius 2 is 2.50 bits per heavy atom. The second kappa shape index (κ2) is 3.05. The van der Waals surface area contributed by atoms with Crippen LogP contribution in [0.15, 0.2) is 0 Å². The van der Waals surface area contributed by atoms with E-state index in [-0.39, 0.29) is 18.8 Å². The van der Waals surface area contributed by atoms with Gasteiger partial charge in [-0.25, -0.2) is 0 Å². The molecule has 2 heteroatoms. The smallest absolute Gasteiger partial charge is 0.118 e. The van der Waals surface area contributed by atoms with E-state index in [0.29, 0.717) is 5.92 Å². The van der Waals surface area contributed by atoms with Crippen molar-refractivity contribution in [3.8, 4) is 12.3 Å². The van der Waals surface area contributed by atoms with Crippen molar-refractivity contribution in [2.45, 2.75) is 25.6 Å². The lowest BCUT2D eigenvalue weighted by Crippen LogP contribution is -2.18. The Hall–Kier alpha value is -0.520. The molecule has 10 heavy (non-hydrogen) atoms. The Labute approximate surface area is 61.2 Å². The molecular weight excluding hydrogens is 128 g/mol. The van der Waals surface area contributed by atoms with E-state index in [2.05, 4.69) is 5.92 Å². The first-order valence-corrected chi connectivity index (χ1v) is 3.50. The van der Waals surface area contributed by atoms with Gasteiger partial charge in [-0.3, -0.25) is 0 Å². The topological polar surface area (TPSA) is 29.5 Å². The summed E-state index contributed by atoms with van der Waals surface area (Å²) in [4.78, 5) is 0. The van der Waals surface area contributed by atoms with E-state index in [1.165, 1.54) is 0 Å². The molecule has 1 unspecified atom stereocenters. The summed E-state index contributed by atoms with van der Waals surface area (Å²) < 4.78 is 5.29. The fourth-order valence-electron chi connectivity index (χ4n) is 1.22. The summed E-state index contributed by atoms with van der Waals surface area (Å²) >= 11 is 0. The van der Waals surface area contributed by atoms with Crippen LogP contribution in [0.4, 0.5) is 0 Å². The van der Waals surface area contributed by atoms with Crippen molar-refractivity contribution in [1.82, 2.24) is 0 Å². The van der Waals surface area contributed by atoms with Gasteiger partial charge in [-0.2, -0.15) is 0 Å². The second-order valence-corrected chi connectivity index (χ2v) is 2.73. The average molecular weight is 140 g/mol. The number of aliphatic hydroxyl groups excluding tert-OH is 1. The summed E-state index contributed by atoms with van der Waals surface area (Å²) in [6.07, 6.45) is 5.92. The molecule has 0 spiro atoms. The van der Waals surface area contributed by atoms with E-state index in [1.54, 1.807) is 0 Å². The standard InChI is InChI=1S/C8H12O2/c1-3-7-4-6(2)8(5-9)10-7/h1,6-9H,4-5H2,2H3/t6?,7-,8+/m0/s1. The molecule has 1 saturated heterocycles. The van der Waals surface area contributed by atoms with Crippen LogP contribution in [-0.4, -0.2) is 23.9 Å². The minimum Gasteiger partial charge on any atom is -0.394 e. The van der Waals surface area contributed by atoms with Gasteiger partial charge in [0.05, 0.1) is 12.7 Å². The summed E-state index contributed by atoms with van der Waals surface area (Å²) in [6, 6.07) is 0. The summed E-state index contributed by atoms with van der Waals surface area (Å²) in [6.45, 7) is 2.12. The quantitative estimate of drug-likeness (QED) is 0.534. The van der Waals surface area contributed by atoms with Crippen molar-refractivity contribution in [3.05, 3.63) is 0 Å². The van der Waals surface area contributed by atoms with Crippen LogP contribution < -0.4 is 0 Å². The molecule has 3 atom stereocenters. The first-order chi connectivity index (χ1) is 4.77. The molecule has 0 radical (unpaired) electrons. The predicted octanol–water partition coefficient (Wildman–Crippen LogP) is 0.406. The molecule has 1 aliphatic rings. The van der Waals surface area contributed by atoms with Crippen LogP contribution in [0.25, 0.3) is 0 Å². The molecule has 0 saturated carbocycles. The van der Waals surface area contributed by atoms with E-state index in [4.69, 9.17) is 16.3 Å². The Morgan fingerprint density at radius 1 is 1.80 bits per heavy atom. The first-order valence-electron chi connectivity index (χ1n) is 3.50. The van der Waals surface area contributed by atoms with Gasteiger partial charge in [-0.1, -0.05) is 12.8 Å². The van der Waals surface area contributed by atoms with Crippen LogP contribution in [0.3, 0.4) is 0 Å². The lowest BCUT2D eigenvalue weighted by Gasteiger charge is -2.09. The Balaban J connectivity index is 2.46. The highest BCUT2D eigenvalue weighted by atomic mass is 16.5.